The molecule has 0 saturated carbocycles. The molecule has 0 bridgehead atoms. The van der Waals surface area contributed by atoms with Crippen molar-refractivity contribution in [1.29, 1.82) is 0 Å². The van der Waals surface area contributed by atoms with E-state index in [1.54, 1.807) is 6.08 Å². The molecule has 0 amide bonds. The van der Waals surface area contributed by atoms with E-state index in [2.05, 4.69) is 13.2 Å². The van der Waals surface area contributed by atoms with Gasteiger partial charge < -0.3 is 9.84 Å². The molecule has 1 N–H and O–H groups in total. The van der Waals surface area contributed by atoms with Gasteiger partial charge in [-0.3, -0.25) is 9.59 Å². The molecule has 0 aliphatic rings. The van der Waals surface area contributed by atoms with E-state index in [0.29, 0.717) is 6.42 Å². The summed E-state index contributed by atoms with van der Waals surface area (Å²) in [6, 6.07) is 0. The third-order valence-electron chi connectivity index (χ3n) is 1.49. The number of carbonyl (C=O) groups is 2. The Balaban J connectivity index is 3.83. The number of carboxylic acids is 1. The van der Waals surface area contributed by atoms with Gasteiger partial charge in [0.2, 0.25) is 0 Å². The summed E-state index contributed by atoms with van der Waals surface area (Å²) in [5.41, 5.74) is 0. The van der Waals surface area contributed by atoms with E-state index in [9.17, 15) is 9.59 Å². The first-order chi connectivity index (χ1) is 6.60. The summed E-state index contributed by atoms with van der Waals surface area (Å²) in [7, 11) is 0. The molecule has 0 radical (unpaired) electrons. The Morgan fingerprint density at radius 2 is 2.00 bits per heavy atom. The van der Waals surface area contributed by atoms with Gasteiger partial charge in [-0.15, -0.1) is 6.58 Å². The van der Waals surface area contributed by atoms with Crippen LogP contribution in [0.25, 0.3) is 0 Å². The van der Waals surface area contributed by atoms with Crippen LogP contribution >= 0.6 is 0 Å². The van der Waals surface area contributed by atoms with Crippen LogP contribution in [0.3, 0.4) is 0 Å². The molecule has 0 saturated heterocycles. The molecule has 78 valence electrons. The Bertz CT molecular complexity index is 232. The van der Waals surface area contributed by atoms with Crippen molar-refractivity contribution in [2.45, 2.75) is 25.4 Å². The van der Waals surface area contributed by atoms with Crippen LogP contribution in [0.4, 0.5) is 0 Å². The van der Waals surface area contributed by atoms with E-state index in [0.717, 1.165) is 0 Å². The normalized spacial score (nSPS) is 11.4. The maximum absolute atomic E-state index is 11.0. The van der Waals surface area contributed by atoms with E-state index < -0.39 is 18.0 Å². The van der Waals surface area contributed by atoms with Crippen molar-refractivity contribution in [2.24, 2.45) is 0 Å². The number of carboxylic acid groups (broad SMARTS) is 1. The van der Waals surface area contributed by atoms with Crippen LogP contribution in [0.5, 0.6) is 0 Å². The predicted octanol–water partition coefficient (Wildman–Crippen LogP) is 1.53. The topological polar surface area (TPSA) is 63.6 Å². The predicted molar refractivity (Wildman–Crippen MR) is 51.8 cm³/mol. The molecule has 1 unspecified atom stereocenters. The molecule has 0 aliphatic carbocycles. The minimum atomic E-state index is -1.01. The Hall–Kier alpha value is -1.58. The van der Waals surface area contributed by atoms with Crippen LogP contribution in [0.1, 0.15) is 19.3 Å². The maximum atomic E-state index is 11.0. The summed E-state index contributed by atoms with van der Waals surface area (Å²) in [6.07, 6.45) is 2.85. The molecule has 0 aliphatic heterocycles. The van der Waals surface area contributed by atoms with Gasteiger partial charge in [-0.1, -0.05) is 18.7 Å². The number of ether oxygens (including phenoxy) is 1. The van der Waals surface area contributed by atoms with E-state index in [1.807, 2.05) is 0 Å². The molecule has 1 atom stereocenters. The second kappa shape index (κ2) is 6.88. The van der Waals surface area contributed by atoms with Gasteiger partial charge in [0, 0.05) is 6.42 Å². The lowest BCUT2D eigenvalue weighted by Crippen LogP contribution is -2.15. The average molecular weight is 198 g/mol. The monoisotopic (exact) mass is 198 g/mol. The zero-order chi connectivity index (χ0) is 11.0. The Kier molecular flexibility index (Phi) is 6.11. The summed E-state index contributed by atoms with van der Waals surface area (Å²) in [5, 5.41) is 8.31. The molecule has 0 aromatic carbocycles. The smallest absolute Gasteiger partial charge is 0.306 e. The van der Waals surface area contributed by atoms with E-state index >= 15 is 0 Å². The fraction of sp³-hybridized carbons (Fsp3) is 0.400. The van der Waals surface area contributed by atoms with E-state index in [4.69, 9.17) is 9.84 Å². The standard InChI is InChI=1S/C10H14O4/c1-3-5-8(4-2)14-10(13)7-6-9(11)12/h3-4,8H,1-2,5-7H2,(H,11,12). The van der Waals surface area contributed by atoms with Crippen molar-refractivity contribution in [3.63, 3.8) is 0 Å². The highest BCUT2D eigenvalue weighted by molar-refractivity contribution is 5.76. The van der Waals surface area contributed by atoms with Gasteiger partial charge in [-0.05, 0) is 0 Å². The van der Waals surface area contributed by atoms with Crippen molar-refractivity contribution in [2.75, 3.05) is 0 Å². The van der Waals surface area contributed by atoms with Crippen LogP contribution in [-0.4, -0.2) is 23.1 Å². The largest absolute Gasteiger partial charge is 0.481 e. The molecule has 0 fully saturated rings. The first-order valence-corrected chi connectivity index (χ1v) is 4.25. The molecule has 0 aromatic heterocycles. The Morgan fingerprint density at radius 1 is 1.36 bits per heavy atom. The molecule has 0 rings (SSSR count). The van der Waals surface area contributed by atoms with Crippen molar-refractivity contribution < 1.29 is 19.4 Å². The average Bonchev–Trinajstić information content (AvgIpc) is 2.14. The Morgan fingerprint density at radius 3 is 2.43 bits per heavy atom. The first kappa shape index (κ1) is 12.4. The molecular formula is C10H14O4. The highest BCUT2D eigenvalue weighted by Gasteiger charge is 2.10. The maximum Gasteiger partial charge on any atom is 0.306 e. The van der Waals surface area contributed by atoms with Crippen LogP contribution in [0, 0.1) is 0 Å². The minimum Gasteiger partial charge on any atom is -0.481 e. The van der Waals surface area contributed by atoms with Crippen LogP contribution < -0.4 is 0 Å². The van der Waals surface area contributed by atoms with Gasteiger partial charge >= 0.3 is 11.9 Å². The second-order valence-corrected chi connectivity index (χ2v) is 2.68. The van der Waals surface area contributed by atoms with E-state index in [1.165, 1.54) is 6.08 Å². The second-order valence-electron chi connectivity index (χ2n) is 2.68. The lowest BCUT2D eigenvalue weighted by molar-refractivity contribution is -0.150. The molecular weight excluding hydrogens is 184 g/mol. The van der Waals surface area contributed by atoms with Crippen molar-refractivity contribution in [3.8, 4) is 0 Å². The Labute approximate surface area is 82.9 Å². The quantitative estimate of drug-likeness (QED) is 0.497. The number of rotatable bonds is 7. The molecule has 0 heterocycles. The molecule has 4 nitrogen and oxygen atoms in total. The lowest BCUT2D eigenvalue weighted by atomic mass is 10.2. The fourth-order valence-corrected chi connectivity index (χ4v) is 0.793. The van der Waals surface area contributed by atoms with Gasteiger partial charge in [-0.2, -0.15) is 0 Å². The van der Waals surface area contributed by atoms with Crippen LogP contribution in [-0.2, 0) is 14.3 Å². The zero-order valence-corrected chi connectivity index (χ0v) is 7.94. The third-order valence-corrected chi connectivity index (χ3v) is 1.49. The van der Waals surface area contributed by atoms with Gasteiger partial charge in [0.05, 0.1) is 12.8 Å². The summed E-state index contributed by atoms with van der Waals surface area (Å²) < 4.78 is 4.90. The number of hydrogen-bond donors (Lipinski definition) is 1. The fourth-order valence-electron chi connectivity index (χ4n) is 0.793. The SMILES string of the molecule is C=CCC(C=C)OC(=O)CCC(=O)O. The summed E-state index contributed by atoms with van der Waals surface area (Å²) in [4.78, 5) is 21.2. The summed E-state index contributed by atoms with van der Waals surface area (Å²) in [6.45, 7) is 6.98. The number of carbonyl (C=O) groups excluding carboxylic acids is 1. The number of aliphatic carboxylic acids is 1. The van der Waals surface area contributed by atoms with E-state index in [-0.39, 0.29) is 12.8 Å². The van der Waals surface area contributed by atoms with Gasteiger partial charge in [0.15, 0.2) is 0 Å². The van der Waals surface area contributed by atoms with Gasteiger partial charge in [-0.25, -0.2) is 0 Å². The molecule has 14 heavy (non-hydrogen) atoms. The minimum absolute atomic E-state index is 0.114. The first-order valence-electron chi connectivity index (χ1n) is 4.25. The summed E-state index contributed by atoms with van der Waals surface area (Å²) in [5.74, 6) is -1.54. The third kappa shape index (κ3) is 5.99. The number of esters is 1. The van der Waals surface area contributed by atoms with Crippen LogP contribution in [0.2, 0.25) is 0 Å². The molecule has 0 spiro atoms. The number of hydrogen-bond acceptors (Lipinski definition) is 3. The molecule has 0 aromatic rings. The van der Waals surface area contributed by atoms with Gasteiger partial charge in [0.25, 0.3) is 0 Å². The zero-order valence-electron chi connectivity index (χ0n) is 7.94. The highest BCUT2D eigenvalue weighted by atomic mass is 16.5. The summed E-state index contributed by atoms with van der Waals surface area (Å²) >= 11 is 0. The lowest BCUT2D eigenvalue weighted by Gasteiger charge is -2.11. The van der Waals surface area contributed by atoms with Crippen molar-refractivity contribution in [3.05, 3.63) is 25.3 Å². The van der Waals surface area contributed by atoms with Gasteiger partial charge in [0.1, 0.15) is 6.10 Å². The van der Waals surface area contributed by atoms with Crippen molar-refractivity contribution in [1.82, 2.24) is 0 Å². The van der Waals surface area contributed by atoms with Crippen molar-refractivity contribution >= 4 is 11.9 Å². The van der Waals surface area contributed by atoms with Crippen LogP contribution in [0.15, 0.2) is 25.3 Å². The highest BCUT2D eigenvalue weighted by Crippen LogP contribution is 2.03. The molecule has 4 heteroatoms.